The summed E-state index contributed by atoms with van der Waals surface area (Å²) in [4.78, 5) is 27.7. The highest BCUT2D eigenvalue weighted by Gasteiger charge is 2.32. The van der Waals surface area contributed by atoms with E-state index >= 15 is 0 Å². The van der Waals surface area contributed by atoms with E-state index in [9.17, 15) is 22.8 Å². The van der Waals surface area contributed by atoms with E-state index in [1.54, 1.807) is 24.3 Å². The quantitative estimate of drug-likeness (QED) is 0.788. The first-order valence-electron chi connectivity index (χ1n) is 9.04. The van der Waals surface area contributed by atoms with Crippen LogP contribution in [0.3, 0.4) is 0 Å². The van der Waals surface area contributed by atoms with Crippen LogP contribution >= 0.6 is 0 Å². The molecule has 0 radical (unpaired) electrons. The molecule has 1 heterocycles. The Bertz CT molecular complexity index is 885. The molecule has 0 aromatic heterocycles. The highest BCUT2D eigenvalue weighted by molar-refractivity contribution is 5.99. The molecule has 0 spiro atoms. The largest absolute Gasteiger partial charge is 0.494 e. The summed E-state index contributed by atoms with van der Waals surface area (Å²) in [5.41, 5.74) is -0.145. The summed E-state index contributed by atoms with van der Waals surface area (Å²) in [5, 5.41) is 2.41. The highest BCUT2D eigenvalue weighted by atomic mass is 19.4. The summed E-state index contributed by atoms with van der Waals surface area (Å²) in [6, 6.07) is 11.1. The molecule has 29 heavy (non-hydrogen) atoms. The summed E-state index contributed by atoms with van der Waals surface area (Å²) in [7, 11) is 0. The first-order valence-corrected chi connectivity index (χ1v) is 9.04. The number of benzene rings is 2. The van der Waals surface area contributed by atoms with Crippen LogP contribution in [-0.4, -0.2) is 43.1 Å². The van der Waals surface area contributed by atoms with Crippen LogP contribution in [0.15, 0.2) is 48.5 Å². The minimum atomic E-state index is -4.50. The Morgan fingerprint density at radius 2 is 1.86 bits per heavy atom. The number of urea groups is 1. The molecule has 1 saturated heterocycles. The van der Waals surface area contributed by atoms with Crippen LogP contribution in [0.4, 0.5) is 29.3 Å². The number of alkyl halides is 3. The maximum Gasteiger partial charge on any atom is 0.416 e. The SMILES string of the molecule is CCOc1ccc(N2CCN(CC(=O)Nc3cccc(C(F)(F)F)c3)C2=O)cc1. The lowest BCUT2D eigenvalue weighted by molar-refractivity contribution is -0.137. The molecule has 2 aromatic rings. The molecule has 3 amide bonds. The van der Waals surface area contributed by atoms with Crippen molar-refractivity contribution >= 4 is 23.3 Å². The lowest BCUT2D eigenvalue weighted by Crippen LogP contribution is -2.37. The van der Waals surface area contributed by atoms with Gasteiger partial charge in [0.05, 0.1) is 12.2 Å². The van der Waals surface area contributed by atoms with Crippen LogP contribution in [0.5, 0.6) is 5.75 Å². The highest BCUT2D eigenvalue weighted by Crippen LogP contribution is 2.30. The average molecular weight is 407 g/mol. The molecule has 1 aliphatic heterocycles. The fourth-order valence-electron chi connectivity index (χ4n) is 3.01. The summed E-state index contributed by atoms with van der Waals surface area (Å²) in [5.74, 6) is 0.131. The Morgan fingerprint density at radius 3 is 2.52 bits per heavy atom. The van der Waals surface area contributed by atoms with Crippen LogP contribution in [0.2, 0.25) is 0 Å². The van der Waals surface area contributed by atoms with Crippen LogP contribution in [0.25, 0.3) is 0 Å². The first kappa shape index (κ1) is 20.5. The van der Waals surface area contributed by atoms with Gasteiger partial charge in [0.1, 0.15) is 12.3 Å². The third-order valence-electron chi connectivity index (χ3n) is 4.36. The standard InChI is InChI=1S/C20H20F3N3O3/c1-2-29-17-8-6-16(7-9-17)26-11-10-25(19(26)28)13-18(27)24-15-5-3-4-14(12-15)20(21,22)23/h3-9,12H,2,10-11,13H2,1H3,(H,24,27). The number of hydrogen-bond acceptors (Lipinski definition) is 3. The topological polar surface area (TPSA) is 61.9 Å². The molecular formula is C20H20F3N3O3. The fraction of sp³-hybridized carbons (Fsp3) is 0.300. The van der Waals surface area contributed by atoms with Crippen molar-refractivity contribution in [3.63, 3.8) is 0 Å². The first-order chi connectivity index (χ1) is 13.8. The third-order valence-corrected chi connectivity index (χ3v) is 4.36. The number of rotatable bonds is 6. The van der Waals surface area contributed by atoms with Crippen molar-refractivity contribution in [1.82, 2.24) is 4.90 Å². The van der Waals surface area contributed by atoms with Crippen molar-refractivity contribution in [3.05, 3.63) is 54.1 Å². The number of nitrogens with one attached hydrogen (secondary N) is 1. The molecule has 1 N–H and O–H groups in total. The number of halogens is 3. The van der Waals surface area contributed by atoms with E-state index in [0.717, 1.165) is 12.1 Å². The predicted octanol–water partition coefficient (Wildman–Crippen LogP) is 3.98. The van der Waals surface area contributed by atoms with Gasteiger partial charge in [-0.3, -0.25) is 9.69 Å². The van der Waals surface area contributed by atoms with Gasteiger partial charge in [0.25, 0.3) is 0 Å². The number of amides is 3. The van der Waals surface area contributed by atoms with E-state index in [2.05, 4.69) is 5.32 Å². The predicted molar refractivity (Wildman–Crippen MR) is 102 cm³/mol. The van der Waals surface area contributed by atoms with Gasteiger partial charge in [-0.05, 0) is 49.4 Å². The maximum atomic E-state index is 12.8. The van der Waals surface area contributed by atoms with Gasteiger partial charge in [0, 0.05) is 24.5 Å². The van der Waals surface area contributed by atoms with Gasteiger partial charge in [-0.2, -0.15) is 13.2 Å². The zero-order chi connectivity index (χ0) is 21.0. The summed E-state index contributed by atoms with van der Waals surface area (Å²) >= 11 is 0. The molecule has 0 bridgehead atoms. The Morgan fingerprint density at radius 1 is 1.14 bits per heavy atom. The molecule has 1 aliphatic rings. The van der Waals surface area contributed by atoms with Gasteiger partial charge in [-0.25, -0.2) is 4.79 Å². The molecule has 154 valence electrons. The molecule has 0 aliphatic carbocycles. The number of ether oxygens (including phenoxy) is 1. The Balaban J connectivity index is 1.60. The molecular weight excluding hydrogens is 387 g/mol. The molecule has 0 atom stereocenters. The van der Waals surface area contributed by atoms with E-state index in [4.69, 9.17) is 4.74 Å². The van der Waals surface area contributed by atoms with Crippen molar-refractivity contribution in [2.75, 3.05) is 36.5 Å². The van der Waals surface area contributed by atoms with Gasteiger partial charge in [-0.15, -0.1) is 0 Å². The van der Waals surface area contributed by atoms with Crippen molar-refractivity contribution in [2.24, 2.45) is 0 Å². The number of hydrogen-bond donors (Lipinski definition) is 1. The van der Waals surface area contributed by atoms with E-state index in [-0.39, 0.29) is 18.3 Å². The van der Waals surface area contributed by atoms with Gasteiger partial charge >= 0.3 is 12.2 Å². The Hall–Kier alpha value is -3.23. The molecule has 6 nitrogen and oxygen atoms in total. The number of nitrogens with zero attached hydrogens (tertiary/aromatic N) is 2. The van der Waals surface area contributed by atoms with Crippen LogP contribution in [0, 0.1) is 0 Å². The monoisotopic (exact) mass is 407 g/mol. The van der Waals surface area contributed by atoms with Crippen LogP contribution < -0.4 is 15.0 Å². The fourth-order valence-corrected chi connectivity index (χ4v) is 3.01. The summed E-state index contributed by atoms with van der Waals surface area (Å²) in [6.07, 6.45) is -4.50. The lowest BCUT2D eigenvalue weighted by Gasteiger charge is -2.19. The summed E-state index contributed by atoms with van der Waals surface area (Å²) in [6.45, 7) is 2.91. The van der Waals surface area contributed by atoms with E-state index in [0.29, 0.717) is 31.1 Å². The molecule has 9 heteroatoms. The number of carbonyl (C=O) groups is 2. The minimum absolute atomic E-state index is 0.0276. The Kier molecular flexibility index (Phi) is 5.95. The maximum absolute atomic E-state index is 12.8. The van der Waals surface area contributed by atoms with Crippen molar-refractivity contribution < 1.29 is 27.5 Å². The second-order valence-corrected chi connectivity index (χ2v) is 6.41. The van der Waals surface area contributed by atoms with Gasteiger partial charge in [-0.1, -0.05) is 6.07 Å². The van der Waals surface area contributed by atoms with Crippen molar-refractivity contribution in [3.8, 4) is 5.75 Å². The zero-order valence-corrected chi connectivity index (χ0v) is 15.7. The van der Waals surface area contributed by atoms with Gasteiger partial charge in [0.2, 0.25) is 5.91 Å². The van der Waals surface area contributed by atoms with Crippen LogP contribution in [-0.2, 0) is 11.0 Å². The molecule has 2 aromatic carbocycles. The van der Waals surface area contributed by atoms with Crippen LogP contribution in [0.1, 0.15) is 12.5 Å². The van der Waals surface area contributed by atoms with E-state index < -0.39 is 17.6 Å². The van der Waals surface area contributed by atoms with Crippen molar-refractivity contribution in [2.45, 2.75) is 13.1 Å². The smallest absolute Gasteiger partial charge is 0.416 e. The van der Waals surface area contributed by atoms with Gasteiger partial charge in [0.15, 0.2) is 0 Å². The molecule has 1 fully saturated rings. The molecule has 0 unspecified atom stereocenters. The molecule has 0 saturated carbocycles. The minimum Gasteiger partial charge on any atom is -0.494 e. The van der Waals surface area contributed by atoms with Gasteiger partial charge < -0.3 is 15.0 Å². The van der Waals surface area contributed by atoms with E-state index in [1.165, 1.54) is 21.9 Å². The third kappa shape index (κ3) is 4.98. The number of anilines is 2. The Labute approximate surface area is 165 Å². The number of carbonyl (C=O) groups excluding carboxylic acids is 2. The normalized spacial score (nSPS) is 14.3. The average Bonchev–Trinajstić information content (AvgIpc) is 3.02. The second-order valence-electron chi connectivity index (χ2n) is 6.41. The lowest BCUT2D eigenvalue weighted by atomic mass is 10.2. The van der Waals surface area contributed by atoms with E-state index in [1.807, 2.05) is 6.92 Å². The van der Waals surface area contributed by atoms with Crippen molar-refractivity contribution in [1.29, 1.82) is 0 Å². The summed E-state index contributed by atoms with van der Waals surface area (Å²) < 4.78 is 43.7. The molecule has 3 rings (SSSR count). The zero-order valence-electron chi connectivity index (χ0n) is 15.7. The second kappa shape index (κ2) is 8.42.